The van der Waals surface area contributed by atoms with Crippen molar-refractivity contribution < 1.29 is 9.59 Å². The van der Waals surface area contributed by atoms with Crippen molar-refractivity contribution in [1.82, 2.24) is 9.97 Å². The molecular formula is C22H18N4O2S2. The highest BCUT2D eigenvalue weighted by Crippen LogP contribution is 2.37. The number of amides is 2. The minimum Gasteiger partial charge on any atom is -0.366 e. The first-order valence-electron chi connectivity index (χ1n) is 9.13. The Kier molecular flexibility index (Phi) is 5.78. The van der Waals surface area contributed by atoms with Crippen molar-refractivity contribution in [3.05, 3.63) is 71.4 Å². The van der Waals surface area contributed by atoms with E-state index in [-0.39, 0.29) is 11.7 Å². The second-order valence-electron chi connectivity index (χ2n) is 6.65. The lowest BCUT2D eigenvalue weighted by molar-refractivity contribution is -0.113. The Labute approximate surface area is 181 Å². The first-order chi connectivity index (χ1) is 14.5. The molecule has 4 aromatic rings. The van der Waals surface area contributed by atoms with Crippen molar-refractivity contribution in [1.29, 1.82) is 0 Å². The van der Waals surface area contributed by atoms with Gasteiger partial charge in [0.1, 0.15) is 16.2 Å². The fourth-order valence-electron chi connectivity index (χ4n) is 2.95. The van der Waals surface area contributed by atoms with Crippen molar-refractivity contribution in [2.75, 3.05) is 11.1 Å². The molecule has 0 bridgehead atoms. The number of thiophene rings is 1. The van der Waals surface area contributed by atoms with E-state index in [9.17, 15) is 9.59 Å². The number of aryl methyl sites for hydroxylation is 1. The van der Waals surface area contributed by atoms with Crippen LogP contribution in [0.4, 0.5) is 5.69 Å². The summed E-state index contributed by atoms with van der Waals surface area (Å²) in [7, 11) is 0. The zero-order valence-electron chi connectivity index (χ0n) is 16.1. The highest BCUT2D eigenvalue weighted by Gasteiger charge is 2.15. The number of hydrogen-bond acceptors (Lipinski definition) is 6. The van der Waals surface area contributed by atoms with Crippen LogP contribution < -0.4 is 11.1 Å². The molecule has 2 aromatic carbocycles. The molecule has 150 valence electrons. The topological polar surface area (TPSA) is 98.0 Å². The molecule has 3 N–H and O–H groups in total. The summed E-state index contributed by atoms with van der Waals surface area (Å²) in [5, 5.41) is 6.64. The van der Waals surface area contributed by atoms with Crippen molar-refractivity contribution in [3.8, 4) is 11.1 Å². The Bertz CT molecular complexity index is 1220. The molecule has 0 atom stereocenters. The maximum absolute atomic E-state index is 12.4. The average molecular weight is 435 g/mol. The number of aromatic nitrogens is 2. The molecule has 0 aliphatic heterocycles. The molecule has 0 aliphatic rings. The summed E-state index contributed by atoms with van der Waals surface area (Å²) in [5.41, 5.74) is 9.60. The molecule has 4 rings (SSSR count). The fraction of sp³-hybridized carbons (Fsp3) is 0.0909. The van der Waals surface area contributed by atoms with Crippen LogP contribution in [0.1, 0.15) is 15.9 Å². The number of carbonyl (C=O) groups is 2. The van der Waals surface area contributed by atoms with Gasteiger partial charge < -0.3 is 11.1 Å². The maximum Gasteiger partial charge on any atom is 0.248 e. The predicted molar refractivity (Wildman–Crippen MR) is 122 cm³/mol. The van der Waals surface area contributed by atoms with Crippen LogP contribution in [0.2, 0.25) is 0 Å². The Hall–Kier alpha value is -3.23. The standard InChI is InChI=1S/C22H18N4O2S2/c1-13-2-4-14(5-3-13)17-10-29-21-19(17)22(25-12-24-21)30-11-18(27)26-16-8-6-15(7-9-16)20(23)28/h2-10,12H,11H2,1H3,(H2,23,28)(H,26,27). The van der Waals surface area contributed by atoms with Gasteiger partial charge in [-0.25, -0.2) is 9.97 Å². The molecule has 2 amide bonds. The van der Waals surface area contributed by atoms with Crippen LogP contribution in [-0.4, -0.2) is 27.5 Å². The fourth-order valence-corrected chi connectivity index (χ4v) is 4.74. The zero-order chi connectivity index (χ0) is 21.1. The Morgan fingerprint density at radius 2 is 1.80 bits per heavy atom. The van der Waals surface area contributed by atoms with Gasteiger partial charge in [-0.15, -0.1) is 11.3 Å². The van der Waals surface area contributed by atoms with Crippen molar-refractivity contribution in [2.24, 2.45) is 5.73 Å². The van der Waals surface area contributed by atoms with Crippen LogP contribution >= 0.6 is 23.1 Å². The normalized spacial score (nSPS) is 10.8. The zero-order valence-corrected chi connectivity index (χ0v) is 17.7. The lowest BCUT2D eigenvalue weighted by Crippen LogP contribution is -2.15. The molecule has 0 radical (unpaired) electrons. The van der Waals surface area contributed by atoms with Gasteiger partial charge in [0, 0.05) is 22.2 Å². The molecule has 0 saturated carbocycles. The minimum atomic E-state index is -0.503. The number of thioether (sulfide) groups is 1. The first kappa shape index (κ1) is 20.1. The highest BCUT2D eigenvalue weighted by atomic mass is 32.2. The van der Waals surface area contributed by atoms with E-state index in [2.05, 4.69) is 51.9 Å². The average Bonchev–Trinajstić information content (AvgIpc) is 3.18. The minimum absolute atomic E-state index is 0.161. The lowest BCUT2D eigenvalue weighted by Gasteiger charge is -2.07. The molecule has 0 aliphatic carbocycles. The number of nitrogens with one attached hydrogen (secondary N) is 1. The van der Waals surface area contributed by atoms with Gasteiger partial charge in [-0.2, -0.15) is 0 Å². The third-order valence-electron chi connectivity index (χ3n) is 4.49. The number of anilines is 1. The van der Waals surface area contributed by atoms with E-state index in [4.69, 9.17) is 5.73 Å². The van der Waals surface area contributed by atoms with E-state index in [0.717, 1.165) is 26.4 Å². The number of nitrogens with zero attached hydrogens (tertiary/aromatic N) is 2. The van der Waals surface area contributed by atoms with Crippen molar-refractivity contribution in [2.45, 2.75) is 11.9 Å². The summed E-state index contributed by atoms with van der Waals surface area (Å²) in [6.07, 6.45) is 1.53. The monoisotopic (exact) mass is 434 g/mol. The van der Waals surface area contributed by atoms with Gasteiger partial charge >= 0.3 is 0 Å². The molecule has 2 heterocycles. The van der Waals surface area contributed by atoms with Crippen LogP contribution in [0.5, 0.6) is 0 Å². The molecule has 2 aromatic heterocycles. The van der Waals surface area contributed by atoms with Crippen LogP contribution in [0.15, 0.2) is 65.3 Å². The summed E-state index contributed by atoms with van der Waals surface area (Å²) < 4.78 is 0. The van der Waals surface area contributed by atoms with E-state index in [1.807, 2.05) is 0 Å². The first-order valence-corrected chi connectivity index (χ1v) is 11.0. The van der Waals surface area contributed by atoms with Crippen LogP contribution in [0.25, 0.3) is 21.3 Å². The van der Waals surface area contributed by atoms with Crippen molar-refractivity contribution >= 4 is 50.8 Å². The smallest absolute Gasteiger partial charge is 0.248 e. The number of benzene rings is 2. The highest BCUT2D eigenvalue weighted by molar-refractivity contribution is 8.00. The van der Waals surface area contributed by atoms with E-state index >= 15 is 0 Å². The molecular weight excluding hydrogens is 416 g/mol. The molecule has 30 heavy (non-hydrogen) atoms. The Morgan fingerprint density at radius 1 is 1.07 bits per heavy atom. The van der Waals surface area contributed by atoms with E-state index < -0.39 is 5.91 Å². The molecule has 0 saturated heterocycles. The third-order valence-corrected chi connectivity index (χ3v) is 6.37. The van der Waals surface area contributed by atoms with Gasteiger partial charge in [-0.05, 0) is 36.8 Å². The third kappa shape index (κ3) is 4.34. The Balaban J connectivity index is 1.51. The number of carbonyl (C=O) groups excluding carboxylic acids is 2. The van der Waals surface area contributed by atoms with Crippen molar-refractivity contribution in [3.63, 3.8) is 0 Å². The second-order valence-corrected chi connectivity index (χ2v) is 8.47. The molecule has 0 fully saturated rings. The van der Waals surface area contributed by atoms with Gasteiger partial charge in [0.2, 0.25) is 11.8 Å². The summed E-state index contributed by atoms with van der Waals surface area (Å²) in [4.78, 5) is 33.2. The lowest BCUT2D eigenvalue weighted by atomic mass is 10.1. The van der Waals surface area contributed by atoms with Gasteiger partial charge in [0.05, 0.1) is 11.1 Å². The van der Waals surface area contributed by atoms with Crippen LogP contribution in [0.3, 0.4) is 0 Å². The van der Waals surface area contributed by atoms with Gasteiger partial charge in [-0.3, -0.25) is 9.59 Å². The predicted octanol–water partition coefficient (Wildman–Crippen LogP) is 4.50. The number of primary amides is 1. The van der Waals surface area contributed by atoms with Crippen LogP contribution in [0, 0.1) is 6.92 Å². The second kappa shape index (κ2) is 8.64. The van der Waals surface area contributed by atoms with Gasteiger partial charge in [0.15, 0.2) is 0 Å². The van der Waals surface area contributed by atoms with E-state index in [0.29, 0.717) is 11.3 Å². The summed E-state index contributed by atoms with van der Waals surface area (Å²) in [6, 6.07) is 14.8. The van der Waals surface area contributed by atoms with E-state index in [1.54, 1.807) is 35.6 Å². The van der Waals surface area contributed by atoms with Crippen LogP contribution in [-0.2, 0) is 4.79 Å². The van der Waals surface area contributed by atoms with E-state index in [1.165, 1.54) is 23.7 Å². The number of fused-ring (bicyclic) bond motifs is 1. The molecule has 0 unspecified atom stereocenters. The quantitative estimate of drug-likeness (QED) is 0.344. The summed E-state index contributed by atoms with van der Waals surface area (Å²) in [5.74, 6) is -0.464. The van der Waals surface area contributed by atoms with Gasteiger partial charge in [0.25, 0.3) is 0 Å². The molecule has 0 spiro atoms. The number of nitrogens with two attached hydrogens (primary N) is 1. The maximum atomic E-state index is 12.4. The summed E-state index contributed by atoms with van der Waals surface area (Å²) >= 11 is 2.94. The Morgan fingerprint density at radius 3 is 2.50 bits per heavy atom. The largest absolute Gasteiger partial charge is 0.366 e. The molecule has 6 nitrogen and oxygen atoms in total. The summed E-state index contributed by atoms with van der Waals surface area (Å²) in [6.45, 7) is 2.06. The molecule has 8 heteroatoms. The number of rotatable bonds is 6. The van der Waals surface area contributed by atoms with Gasteiger partial charge in [-0.1, -0.05) is 41.6 Å². The number of hydrogen-bond donors (Lipinski definition) is 2. The SMILES string of the molecule is Cc1ccc(-c2csc3ncnc(SCC(=O)Nc4ccc(C(N)=O)cc4)c23)cc1.